The van der Waals surface area contributed by atoms with E-state index >= 15 is 0 Å². The van der Waals surface area contributed by atoms with Gasteiger partial charge < -0.3 is 19.5 Å². The molecule has 3 atom stereocenters. The van der Waals surface area contributed by atoms with Crippen LogP contribution in [0.25, 0.3) is 0 Å². The molecule has 3 rings (SSSR count). The number of hydrogen-bond donors (Lipinski definition) is 1. The molecule has 1 saturated heterocycles. The highest BCUT2D eigenvalue weighted by Gasteiger charge is 2.51. The summed E-state index contributed by atoms with van der Waals surface area (Å²) < 4.78 is 16.6. The summed E-state index contributed by atoms with van der Waals surface area (Å²) in [6, 6.07) is 5.44. The molecule has 6 nitrogen and oxygen atoms in total. The highest BCUT2D eigenvalue weighted by molar-refractivity contribution is 5.99. The van der Waals surface area contributed by atoms with E-state index in [1.54, 1.807) is 13.2 Å². The molecule has 1 aromatic carbocycles. The van der Waals surface area contributed by atoms with E-state index in [0.717, 1.165) is 5.56 Å². The number of carbonyl (C=O) groups excluding carboxylic acids is 2. The Kier molecular flexibility index (Phi) is 3.47. The van der Waals surface area contributed by atoms with E-state index in [1.165, 1.54) is 7.05 Å². The summed E-state index contributed by atoms with van der Waals surface area (Å²) in [5, 5.41) is 2.55. The van der Waals surface area contributed by atoms with Gasteiger partial charge in [0.05, 0.1) is 7.11 Å². The highest BCUT2D eigenvalue weighted by Crippen LogP contribution is 2.47. The minimum absolute atomic E-state index is 0.273. The van der Waals surface area contributed by atoms with E-state index in [2.05, 4.69) is 5.32 Å². The molecule has 6 heteroatoms. The maximum Gasteiger partial charge on any atom is 0.319 e. The minimum Gasteiger partial charge on any atom is -0.497 e. The van der Waals surface area contributed by atoms with Crippen molar-refractivity contribution in [3.63, 3.8) is 0 Å². The van der Waals surface area contributed by atoms with Crippen molar-refractivity contribution in [1.82, 2.24) is 5.32 Å². The summed E-state index contributed by atoms with van der Waals surface area (Å²) in [7, 11) is 3.10. The summed E-state index contributed by atoms with van der Waals surface area (Å²) in [6.45, 7) is 2.11. The molecule has 0 saturated carbocycles. The van der Waals surface area contributed by atoms with Crippen LogP contribution in [0.15, 0.2) is 18.2 Å². The number of benzene rings is 1. The minimum atomic E-state index is -0.870. The number of nitrogens with one attached hydrogen (secondary N) is 1. The van der Waals surface area contributed by atoms with Gasteiger partial charge in [-0.3, -0.25) is 9.59 Å². The van der Waals surface area contributed by atoms with Gasteiger partial charge >= 0.3 is 5.97 Å². The summed E-state index contributed by atoms with van der Waals surface area (Å²) in [6.07, 6.45) is 0.539. The predicted molar refractivity (Wildman–Crippen MR) is 77.9 cm³/mol. The van der Waals surface area contributed by atoms with Gasteiger partial charge in [0.2, 0.25) is 5.91 Å². The van der Waals surface area contributed by atoms with E-state index in [0.29, 0.717) is 17.9 Å². The second kappa shape index (κ2) is 5.19. The molecule has 0 unspecified atom stereocenters. The zero-order valence-corrected chi connectivity index (χ0v) is 12.8. The standard InChI is InChI=1S/C16H19NO5/c1-16-7-11(13(14(18)17-2)15(19)22-16)10-6-9(20-3)4-5-12(10)21-8-16/h4-6,11,13H,7-8H2,1-3H3,(H,17,18)/t11-,13+,16+/m1/s1. The van der Waals surface area contributed by atoms with E-state index < -0.39 is 17.5 Å². The van der Waals surface area contributed by atoms with Crippen molar-refractivity contribution in [3.8, 4) is 11.5 Å². The predicted octanol–water partition coefficient (Wildman–Crippen LogP) is 1.24. The third-order valence-electron chi connectivity index (χ3n) is 4.33. The molecule has 1 aromatic rings. The Bertz CT molecular complexity index is 629. The van der Waals surface area contributed by atoms with Crippen LogP contribution >= 0.6 is 0 Å². The number of esters is 1. The largest absolute Gasteiger partial charge is 0.497 e. The Labute approximate surface area is 128 Å². The molecular formula is C16H19NO5. The Morgan fingerprint density at radius 2 is 2.23 bits per heavy atom. The SMILES string of the molecule is CNC(=O)[C@H]1C(=O)O[C@]2(C)COc3ccc(OC)cc3[C@H]1C2. The number of hydrogen-bond acceptors (Lipinski definition) is 5. The first-order valence-corrected chi connectivity index (χ1v) is 7.22. The van der Waals surface area contributed by atoms with Crippen molar-refractivity contribution in [1.29, 1.82) is 0 Å². The van der Waals surface area contributed by atoms with Crippen LogP contribution in [-0.4, -0.2) is 38.2 Å². The number of rotatable bonds is 2. The molecule has 2 aliphatic rings. The molecule has 0 radical (unpaired) electrons. The summed E-state index contributed by atoms with van der Waals surface area (Å²) >= 11 is 0. The first kappa shape index (κ1) is 14.7. The fraction of sp³-hybridized carbons (Fsp3) is 0.500. The van der Waals surface area contributed by atoms with Crippen LogP contribution in [0.4, 0.5) is 0 Å². The van der Waals surface area contributed by atoms with Gasteiger partial charge in [0.25, 0.3) is 0 Å². The number of fused-ring (bicyclic) bond motifs is 4. The first-order chi connectivity index (χ1) is 10.5. The molecule has 22 heavy (non-hydrogen) atoms. The average molecular weight is 305 g/mol. The van der Waals surface area contributed by atoms with Crippen molar-refractivity contribution >= 4 is 11.9 Å². The van der Waals surface area contributed by atoms with Crippen LogP contribution in [0, 0.1) is 5.92 Å². The second-order valence-corrected chi connectivity index (χ2v) is 5.97. The highest BCUT2D eigenvalue weighted by atomic mass is 16.6. The van der Waals surface area contributed by atoms with Gasteiger partial charge in [0.15, 0.2) is 0 Å². The summed E-state index contributed by atoms with van der Waals surface area (Å²) in [4.78, 5) is 24.5. The number of ether oxygens (including phenoxy) is 3. The average Bonchev–Trinajstić information content (AvgIpc) is 2.62. The zero-order valence-electron chi connectivity index (χ0n) is 12.8. The normalized spacial score (nSPS) is 29.5. The molecule has 1 amide bonds. The van der Waals surface area contributed by atoms with Gasteiger partial charge in [0.1, 0.15) is 29.6 Å². The molecule has 118 valence electrons. The number of amides is 1. The molecule has 2 bridgehead atoms. The van der Waals surface area contributed by atoms with Gasteiger partial charge in [-0.05, 0) is 31.5 Å². The summed E-state index contributed by atoms with van der Waals surface area (Å²) in [5.41, 5.74) is 0.0896. The number of methoxy groups -OCH3 is 1. The molecule has 2 aliphatic heterocycles. The Morgan fingerprint density at radius 3 is 2.91 bits per heavy atom. The van der Waals surface area contributed by atoms with Crippen LogP contribution < -0.4 is 14.8 Å². The third-order valence-corrected chi connectivity index (χ3v) is 4.33. The quantitative estimate of drug-likeness (QED) is 0.657. The van der Waals surface area contributed by atoms with E-state index in [4.69, 9.17) is 14.2 Å². The first-order valence-electron chi connectivity index (χ1n) is 7.22. The monoisotopic (exact) mass is 305 g/mol. The lowest BCUT2D eigenvalue weighted by atomic mass is 9.76. The van der Waals surface area contributed by atoms with Crippen molar-refractivity contribution < 1.29 is 23.8 Å². The maximum absolute atomic E-state index is 12.4. The van der Waals surface area contributed by atoms with E-state index in [1.807, 2.05) is 19.1 Å². The lowest BCUT2D eigenvalue weighted by molar-refractivity contribution is -0.178. The molecule has 0 aliphatic carbocycles. The zero-order chi connectivity index (χ0) is 15.9. The van der Waals surface area contributed by atoms with Crippen LogP contribution in [0.2, 0.25) is 0 Å². The van der Waals surface area contributed by atoms with Crippen molar-refractivity contribution in [3.05, 3.63) is 23.8 Å². The fourth-order valence-corrected chi connectivity index (χ4v) is 3.22. The lowest BCUT2D eigenvalue weighted by Crippen LogP contribution is -2.50. The maximum atomic E-state index is 12.4. The molecule has 0 aromatic heterocycles. The second-order valence-electron chi connectivity index (χ2n) is 5.97. The lowest BCUT2D eigenvalue weighted by Gasteiger charge is -2.38. The van der Waals surface area contributed by atoms with Gasteiger partial charge in [-0.25, -0.2) is 0 Å². The summed E-state index contributed by atoms with van der Waals surface area (Å²) in [5.74, 6) is -0.670. The van der Waals surface area contributed by atoms with E-state index in [-0.39, 0.29) is 18.4 Å². The van der Waals surface area contributed by atoms with Crippen molar-refractivity contribution in [2.45, 2.75) is 24.9 Å². The molecule has 1 N–H and O–H groups in total. The third kappa shape index (κ3) is 2.28. The van der Waals surface area contributed by atoms with Crippen molar-refractivity contribution in [2.24, 2.45) is 5.92 Å². The topological polar surface area (TPSA) is 73.9 Å². The number of carbonyl (C=O) groups is 2. The van der Waals surface area contributed by atoms with Gasteiger partial charge in [-0.1, -0.05) is 0 Å². The van der Waals surface area contributed by atoms with Crippen LogP contribution in [0.3, 0.4) is 0 Å². The van der Waals surface area contributed by atoms with Gasteiger partial charge in [-0.2, -0.15) is 0 Å². The van der Waals surface area contributed by atoms with Crippen LogP contribution in [-0.2, 0) is 14.3 Å². The Hall–Kier alpha value is -2.24. The van der Waals surface area contributed by atoms with Crippen LogP contribution in [0.1, 0.15) is 24.8 Å². The molecular weight excluding hydrogens is 286 g/mol. The smallest absolute Gasteiger partial charge is 0.319 e. The van der Waals surface area contributed by atoms with Gasteiger partial charge in [-0.15, -0.1) is 0 Å². The van der Waals surface area contributed by atoms with E-state index in [9.17, 15) is 9.59 Å². The fourth-order valence-electron chi connectivity index (χ4n) is 3.22. The molecule has 2 heterocycles. The van der Waals surface area contributed by atoms with Gasteiger partial charge in [0, 0.05) is 18.5 Å². The van der Waals surface area contributed by atoms with Crippen LogP contribution in [0.5, 0.6) is 11.5 Å². The molecule has 0 spiro atoms. The molecule has 1 fully saturated rings. The Morgan fingerprint density at radius 1 is 1.45 bits per heavy atom. The Balaban J connectivity index is 2.11. The van der Waals surface area contributed by atoms with Crippen molar-refractivity contribution in [2.75, 3.05) is 20.8 Å².